The Morgan fingerprint density at radius 3 is 2.89 bits per heavy atom. The molecule has 3 nitrogen and oxygen atoms in total. The zero-order valence-corrected chi connectivity index (χ0v) is 11.2. The van der Waals surface area contributed by atoms with Crippen molar-refractivity contribution in [2.24, 2.45) is 5.41 Å². The van der Waals surface area contributed by atoms with Crippen molar-refractivity contribution in [1.29, 1.82) is 0 Å². The molecule has 1 saturated carbocycles. The van der Waals surface area contributed by atoms with Crippen LogP contribution in [0.1, 0.15) is 24.3 Å². The minimum absolute atomic E-state index is 0.308. The lowest BCUT2D eigenvalue weighted by Gasteiger charge is -2.13. The van der Waals surface area contributed by atoms with Gasteiger partial charge >= 0.3 is 0 Å². The molecule has 0 spiro atoms. The highest BCUT2D eigenvalue weighted by Gasteiger charge is 2.41. The number of rotatable bonds is 6. The maximum absolute atomic E-state index is 9.02. The van der Waals surface area contributed by atoms with Gasteiger partial charge in [-0.15, -0.1) is 11.3 Å². The first-order valence-electron chi connectivity index (χ1n) is 6.47. The van der Waals surface area contributed by atoms with Crippen molar-refractivity contribution >= 4 is 21.6 Å². The molecule has 3 rings (SSSR count). The predicted molar refractivity (Wildman–Crippen MR) is 74.7 cm³/mol. The topological polar surface area (TPSA) is 45.1 Å². The van der Waals surface area contributed by atoms with E-state index in [1.807, 2.05) is 6.07 Å². The average molecular weight is 262 g/mol. The van der Waals surface area contributed by atoms with Crippen LogP contribution in [0.4, 0.5) is 0 Å². The van der Waals surface area contributed by atoms with E-state index in [-0.39, 0.29) is 0 Å². The summed E-state index contributed by atoms with van der Waals surface area (Å²) in [5.74, 6) is 0. The molecule has 2 N–H and O–H groups in total. The summed E-state index contributed by atoms with van der Waals surface area (Å²) in [5.41, 5.74) is 1.47. The summed E-state index contributed by atoms with van der Waals surface area (Å²) >= 11 is 1.76. The van der Waals surface area contributed by atoms with Gasteiger partial charge in [0.15, 0.2) is 0 Å². The molecule has 4 heteroatoms. The molecule has 0 aliphatic heterocycles. The Morgan fingerprint density at radius 1 is 1.33 bits per heavy atom. The second kappa shape index (κ2) is 4.96. The number of fused-ring (bicyclic) bond motifs is 1. The van der Waals surface area contributed by atoms with Crippen molar-refractivity contribution in [2.45, 2.75) is 25.8 Å². The van der Waals surface area contributed by atoms with Gasteiger partial charge in [0.1, 0.15) is 5.01 Å². The van der Waals surface area contributed by atoms with Crippen LogP contribution in [0.15, 0.2) is 24.3 Å². The zero-order chi connectivity index (χ0) is 12.4. The Bertz CT molecular complexity index is 500. The molecule has 1 aliphatic rings. The van der Waals surface area contributed by atoms with Crippen LogP contribution in [-0.2, 0) is 6.54 Å². The number of hydrogen-bond donors (Lipinski definition) is 2. The fourth-order valence-corrected chi connectivity index (χ4v) is 3.30. The van der Waals surface area contributed by atoms with E-state index >= 15 is 0 Å². The molecule has 0 unspecified atom stereocenters. The molecule has 0 radical (unpaired) electrons. The fourth-order valence-electron chi connectivity index (χ4n) is 2.36. The van der Waals surface area contributed by atoms with Crippen LogP contribution in [0.25, 0.3) is 10.2 Å². The molecular weight excluding hydrogens is 244 g/mol. The van der Waals surface area contributed by atoms with Crippen molar-refractivity contribution in [3.8, 4) is 0 Å². The molecule has 2 aromatic rings. The van der Waals surface area contributed by atoms with E-state index in [4.69, 9.17) is 5.11 Å². The van der Waals surface area contributed by atoms with Gasteiger partial charge in [-0.2, -0.15) is 0 Å². The minimum atomic E-state index is 0.308. The van der Waals surface area contributed by atoms with Gasteiger partial charge in [0.25, 0.3) is 0 Å². The summed E-state index contributed by atoms with van der Waals surface area (Å²) in [5, 5.41) is 13.7. The van der Waals surface area contributed by atoms with Crippen LogP contribution < -0.4 is 5.32 Å². The number of aliphatic hydroxyl groups excluding tert-OH is 1. The van der Waals surface area contributed by atoms with E-state index in [0.717, 1.165) is 30.0 Å². The van der Waals surface area contributed by atoms with Crippen LogP contribution >= 0.6 is 11.3 Å². The van der Waals surface area contributed by atoms with Gasteiger partial charge in [-0.25, -0.2) is 4.98 Å². The number of aromatic nitrogens is 1. The van der Waals surface area contributed by atoms with Gasteiger partial charge in [-0.3, -0.25) is 0 Å². The minimum Gasteiger partial charge on any atom is -0.396 e. The first-order chi connectivity index (χ1) is 8.81. The highest BCUT2D eigenvalue weighted by Crippen LogP contribution is 2.47. The van der Waals surface area contributed by atoms with Gasteiger partial charge in [0.05, 0.1) is 10.2 Å². The molecule has 96 valence electrons. The normalized spacial score (nSPS) is 17.2. The maximum atomic E-state index is 9.02. The highest BCUT2D eigenvalue weighted by molar-refractivity contribution is 7.18. The summed E-state index contributed by atoms with van der Waals surface area (Å²) in [6.07, 6.45) is 3.43. The Hall–Kier alpha value is -0.970. The van der Waals surface area contributed by atoms with Crippen molar-refractivity contribution in [3.63, 3.8) is 0 Å². The summed E-state index contributed by atoms with van der Waals surface area (Å²) < 4.78 is 1.26. The van der Waals surface area contributed by atoms with Crippen LogP contribution in [-0.4, -0.2) is 23.2 Å². The maximum Gasteiger partial charge on any atom is 0.108 e. The Morgan fingerprint density at radius 2 is 2.17 bits per heavy atom. The lowest BCUT2D eigenvalue weighted by atomic mass is 10.0. The van der Waals surface area contributed by atoms with Crippen LogP contribution in [0.5, 0.6) is 0 Å². The van der Waals surface area contributed by atoms with Crippen LogP contribution in [0, 0.1) is 5.41 Å². The molecule has 18 heavy (non-hydrogen) atoms. The molecule has 1 aromatic carbocycles. The van der Waals surface area contributed by atoms with E-state index in [1.165, 1.54) is 17.5 Å². The molecule has 1 fully saturated rings. The fraction of sp³-hybridized carbons (Fsp3) is 0.500. The van der Waals surface area contributed by atoms with Gasteiger partial charge in [0.2, 0.25) is 0 Å². The summed E-state index contributed by atoms with van der Waals surface area (Å²) in [6, 6.07) is 8.26. The first-order valence-corrected chi connectivity index (χ1v) is 7.29. The van der Waals surface area contributed by atoms with Crippen molar-refractivity contribution in [2.75, 3.05) is 13.2 Å². The number of thiazole rings is 1. The van der Waals surface area contributed by atoms with Gasteiger partial charge in [0, 0.05) is 19.7 Å². The standard InChI is InChI=1S/C14H18N2OS/c17-8-7-14(5-6-14)10-15-9-13-16-11-3-1-2-4-12(11)18-13/h1-4,15,17H,5-10H2. The molecule has 1 aliphatic carbocycles. The number of benzene rings is 1. The third-order valence-corrected chi connectivity index (χ3v) is 4.75. The number of hydrogen-bond acceptors (Lipinski definition) is 4. The van der Waals surface area contributed by atoms with Crippen molar-refractivity contribution in [1.82, 2.24) is 10.3 Å². The predicted octanol–water partition coefficient (Wildman–Crippen LogP) is 2.55. The SMILES string of the molecule is OCCC1(CNCc2nc3ccccc3s2)CC1. The number of para-hydroxylation sites is 1. The van der Waals surface area contributed by atoms with E-state index in [9.17, 15) is 0 Å². The van der Waals surface area contributed by atoms with E-state index < -0.39 is 0 Å². The summed E-state index contributed by atoms with van der Waals surface area (Å²) in [6.45, 7) is 2.15. The second-order valence-electron chi connectivity index (χ2n) is 5.15. The highest BCUT2D eigenvalue weighted by atomic mass is 32.1. The average Bonchev–Trinajstić information content (AvgIpc) is 3.01. The molecule has 0 bridgehead atoms. The van der Waals surface area contributed by atoms with E-state index in [0.29, 0.717) is 12.0 Å². The smallest absolute Gasteiger partial charge is 0.108 e. The first kappa shape index (κ1) is 12.1. The largest absolute Gasteiger partial charge is 0.396 e. The molecule has 1 heterocycles. The van der Waals surface area contributed by atoms with Crippen molar-refractivity contribution in [3.05, 3.63) is 29.3 Å². The Balaban J connectivity index is 1.57. The van der Waals surface area contributed by atoms with Gasteiger partial charge < -0.3 is 10.4 Å². The second-order valence-corrected chi connectivity index (χ2v) is 6.27. The lowest BCUT2D eigenvalue weighted by Crippen LogP contribution is -2.24. The summed E-state index contributed by atoms with van der Waals surface area (Å²) in [7, 11) is 0. The molecule has 0 atom stereocenters. The molecule has 0 saturated heterocycles. The Labute approximate surface area is 111 Å². The third kappa shape index (κ3) is 2.55. The van der Waals surface area contributed by atoms with Gasteiger partial charge in [-0.1, -0.05) is 12.1 Å². The zero-order valence-electron chi connectivity index (χ0n) is 10.4. The van der Waals surface area contributed by atoms with Crippen LogP contribution in [0.3, 0.4) is 0 Å². The number of nitrogens with one attached hydrogen (secondary N) is 1. The monoisotopic (exact) mass is 262 g/mol. The third-order valence-electron chi connectivity index (χ3n) is 3.71. The van der Waals surface area contributed by atoms with Crippen LogP contribution in [0.2, 0.25) is 0 Å². The number of aliphatic hydroxyl groups is 1. The van der Waals surface area contributed by atoms with E-state index in [2.05, 4.69) is 28.5 Å². The lowest BCUT2D eigenvalue weighted by molar-refractivity contribution is 0.245. The quantitative estimate of drug-likeness (QED) is 0.841. The number of nitrogens with zero attached hydrogens (tertiary/aromatic N) is 1. The Kier molecular flexibility index (Phi) is 3.33. The van der Waals surface area contributed by atoms with E-state index in [1.54, 1.807) is 11.3 Å². The summed E-state index contributed by atoms with van der Waals surface area (Å²) in [4.78, 5) is 4.61. The molecule has 1 aromatic heterocycles. The van der Waals surface area contributed by atoms with Crippen molar-refractivity contribution < 1.29 is 5.11 Å². The molecular formula is C14H18N2OS. The molecule has 0 amide bonds. The van der Waals surface area contributed by atoms with Gasteiger partial charge in [-0.05, 0) is 36.8 Å².